The molecule has 0 unspecified atom stereocenters. The van der Waals surface area contributed by atoms with Gasteiger partial charge in [0.2, 0.25) is 0 Å². The second kappa shape index (κ2) is 6.42. The summed E-state index contributed by atoms with van der Waals surface area (Å²) in [5, 5.41) is 12.2. The Labute approximate surface area is 109 Å². The third-order valence-electron chi connectivity index (χ3n) is 3.73. The Morgan fingerprint density at radius 1 is 1.28 bits per heavy atom. The molecule has 0 bridgehead atoms. The van der Waals surface area contributed by atoms with Crippen LogP contribution in [0.1, 0.15) is 24.8 Å². The molecule has 0 radical (unpaired) electrons. The van der Waals surface area contributed by atoms with E-state index in [2.05, 4.69) is 23.3 Å². The summed E-state index contributed by atoms with van der Waals surface area (Å²) in [6, 6.07) is 9.81. The van der Waals surface area contributed by atoms with Crippen molar-refractivity contribution in [3.05, 3.63) is 29.8 Å². The zero-order valence-electron chi connectivity index (χ0n) is 11.0. The van der Waals surface area contributed by atoms with Gasteiger partial charge in [-0.2, -0.15) is 5.26 Å². The molecule has 1 heterocycles. The number of hydrogen-bond acceptors (Lipinski definition) is 3. The maximum absolute atomic E-state index is 8.72. The normalized spacial score (nSPS) is 17.3. The van der Waals surface area contributed by atoms with E-state index in [4.69, 9.17) is 5.26 Å². The lowest BCUT2D eigenvalue weighted by Gasteiger charge is -2.28. The fourth-order valence-corrected chi connectivity index (χ4v) is 2.43. The molecular weight excluding hydrogens is 222 g/mol. The smallest absolute Gasteiger partial charge is 0.0991 e. The average Bonchev–Trinajstić information content (AvgIpc) is 2.42. The lowest BCUT2D eigenvalue weighted by molar-refractivity contribution is 0.215. The number of likely N-dealkylation sites (tertiary alicyclic amines) is 1. The van der Waals surface area contributed by atoms with Gasteiger partial charge in [-0.3, -0.25) is 0 Å². The van der Waals surface area contributed by atoms with Crippen molar-refractivity contribution in [1.82, 2.24) is 4.90 Å². The van der Waals surface area contributed by atoms with E-state index in [1.807, 2.05) is 24.3 Å². The molecule has 0 amide bonds. The molecule has 0 aromatic heterocycles. The number of anilines is 1. The average molecular weight is 243 g/mol. The van der Waals surface area contributed by atoms with Gasteiger partial charge in [-0.25, -0.2) is 0 Å². The van der Waals surface area contributed by atoms with E-state index >= 15 is 0 Å². The van der Waals surface area contributed by atoms with Crippen LogP contribution in [0.15, 0.2) is 24.3 Å². The van der Waals surface area contributed by atoms with Gasteiger partial charge in [0.05, 0.1) is 11.6 Å². The van der Waals surface area contributed by atoms with Crippen molar-refractivity contribution < 1.29 is 0 Å². The first-order valence-corrected chi connectivity index (χ1v) is 6.70. The molecule has 3 heteroatoms. The fourth-order valence-electron chi connectivity index (χ4n) is 2.43. The number of piperidine rings is 1. The molecule has 96 valence electrons. The van der Waals surface area contributed by atoms with Crippen LogP contribution in [0.4, 0.5) is 5.69 Å². The zero-order chi connectivity index (χ0) is 12.8. The summed E-state index contributed by atoms with van der Waals surface area (Å²) in [7, 11) is 2.20. The van der Waals surface area contributed by atoms with Gasteiger partial charge >= 0.3 is 0 Å². The van der Waals surface area contributed by atoms with Gasteiger partial charge < -0.3 is 10.2 Å². The quantitative estimate of drug-likeness (QED) is 0.883. The predicted molar refractivity (Wildman–Crippen MR) is 74.5 cm³/mol. The van der Waals surface area contributed by atoms with Crippen molar-refractivity contribution in [2.45, 2.75) is 19.3 Å². The van der Waals surface area contributed by atoms with Gasteiger partial charge in [-0.15, -0.1) is 0 Å². The van der Waals surface area contributed by atoms with Gasteiger partial charge in [0.15, 0.2) is 0 Å². The van der Waals surface area contributed by atoms with Crippen LogP contribution in [-0.4, -0.2) is 31.6 Å². The lowest BCUT2D eigenvalue weighted by atomic mass is 9.94. The van der Waals surface area contributed by atoms with Gasteiger partial charge in [0.1, 0.15) is 0 Å². The second-order valence-electron chi connectivity index (χ2n) is 5.15. The van der Waals surface area contributed by atoms with Crippen LogP contribution in [0.3, 0.4) is 0 Å². The molecule has 2 rings (SSSR count). The van der Waals surface area contributed by atoms with Gasteiger partial charge in [-0.05, 0) is 69.6 Å². The number of hydrogen-bond donors (Lipinski definition) is 1. The van der Waals surface area contributed by atoms with Crippen molar-refractivity contribution in [2.75, 3.05) is 32.0 Å². The molecule has 1 N–H and O–H groups in total. The zero-order valence-corrected chi connectivity index (χ0v) is 11.0. The lowest BCUT2D eigenvalue weighted by Crippen LogP contribution is -2.30. The van der Waals surface area contributed by atoms with Crippen molar-refractivity contribution in [3.8, 4) is 6.07 Å². The van der Waals surface area contributed by atoms with Gasteiger partial charge in [0, 0.05) is 12.2 Å². The molecule has 0 spiro atoms. The first-order valence-electron chi connectivity index (χ1n) is 6.70. The summed E-state index contributed by atoms with van der Waals surface area (Å²) in [6.07, 6.45) is 3.89. The Kier molecular flexibility index (Phi) is 4.60. The predicted octanol–water partition coefficient (Wildman–Crippen LogP) is 2.70. The van der Waals surface area contributed by atoms with E-state index in [0.717, 1.165) is 23.7 Å². The highest BCUT2D eigenvalue weighted by Crippen LogP contribution is 2.19. The minimum atomic E-state index is 0.718. The van der Waals surface area contributed by atoms with Crippen LogP contribution >= 0.6 is 0 Å². The molecule has 18 heavy (non-hydrogen) atoms. The number of nitriles is 1. The minimum Gasteiger partial charge on any atom is -0.385 e. The maximum Gasteiger partial charge on any atom is 0.0991 e. The van der Waals surface area contributed by atoms with Crippen LogP contribution in [-0.2, 0) is 0 Å². The monoisotopic (exact) mass is 243 g/mol. The molecule has 0 atom stereocenters. The summed E-state index contributed by atoms with van der Waals surface area (Å²) in [4.78, 5) is 2.41. The summed E-state index contributed by atoms with van der Waals surface area (Å²) < 4.78 is 0. The number of nitrogens with zero attached hydrogens (tertiary/aromatic N) is 2. The van der Waals surface area contributed by atoms with Crippen LogP contribution in [0.25, 0.3) is 0 Å². The van der Waals surface area contributed by atoms with Crippen molar-refractivity contribution in [3.63, 3.8) is 0 Å². The van der Waals surface area contributed by atoms with Crippen LogP contribution in [0, 0.1) is 17.2 Å². The summed E-state index contributed by atoms with van der Waals surface area (Å²) >= 11 is 0. The first-order chi connectivity index (χ1) is 8.78. The molecule has 0 aliphatic carbocycles. The number of nitrogens with one attached hydrogen (secondary N) is 1. The van der Waals surface area contributed by atoms with E-state index < -0.39 is 0 Å². The van der Waals surface area contributed by atoms with Crippen LogP contribution < -0.4 is 5.32 Å². The Balaban J connectivity index is 1.70. The molecule has 1 saturated heterocycles. The minimum absolute atomic E-state index is 0.718. The van der Waals surface area contributed by atoms with E-state index in [1.54, 1.807) is 0 Å². The molecule has 1 aliphatic rings. The summed E-state index contributed by atoms with van der Waals surface area (Å²) in [6.45, 7) is 3.50. The number of benzene rings is 1. The Hall–Kier alpha value is -1.53. The molecule has 3 nitrogen and oxygen atoms in total. The molecule has 0 saturated carbocycles. The van der Waals surface area contributed by atoms with Crippen molar-refractivity contribution in [2.24, 2.45) is 5.92 Å². The second-order valence-corrected chi connectivity index (χ2v) is 5.15. The van der Waals surface area contributed by atoms with Crippen molar-refractivity contribution >= 4 is 5.69 Å². The van der Waals surface area contributed by atoms with E-state index in [-0.39, 0.29) is 0 Å². The maximum atomic E-state index is 8.72. The fraction of sp³-hybridized carbons (Fsp3) is 0.533. The number of rotatable bonds is 4. The largest absolute Gasteiger partial charge is 0.385 e. The highest BCUT2D eigenvalue weighted by molar-refractivity contribution is 5.46. The Bertz CT molecular complexity index is 397. The third-order valence-corrected chi connectivity index (χ3v) is 3.73. The molecule has 1 aliphatic heterocycles. The topological polar surface area (TPSA) is 39.1 Å². The SMILES string of the molecule is CN1CCC(CCNc2ccc(C#N)cc2)CC1. The van der Waals surface area contributed by atoms with Crippen LogP contribution in [0.5, 0.6) is 0 Å². The van der Waals surface area contributed by atoms with Gasteiger partial charge in [-0.1, -0.05) is 0 Å². The molecular formula is C15H21N3. The van der Waals surface area contributed by atoms with E-state index in [0.29, 0.717) is 0 Å². The summed E-state index contributed by atoms with van der Waals surface area (Å²) in [5.41, 5.74) is 1.83. The Morgan fingerprint density at radius 3 is 2.56 bits per heavy atom. The van der Waals surface area contributed by atoms with Crippen LogP contribution in [0.2, 0.25) is 0 Å². The first kappa shape index (κ1) is 12.9. The molecule has 1 aromatic carbocycles. The highest BCUT2D eigenvalue weighted by atomic mass is 15.1. The summed E-state index contributed by atoms with van der Waals surface area (Å²) in [5.74, 6) is 0.868. The van der Waals surface area contributed by atoms with E-state index in [9.17, 15) is 0 Å². The Morgan fingerprint density at radius 2 is 1.94 bits per heavy atom. The molecule has 1 fully saturated rings. The standard InChI is InChI=1S/C15H21N3/c1-18-10-7-13(8-11-18)6-9-17-15-4-2-14(12-16)3-5-15/h2-5,13,17H,6-11H2,1H3. The van der Waals surface area contributed by atoms with E-state index in [1.165, 1.54) is 32.4 Å². The van der Waals surface area contributed by atoms with Crippen molar-refractivity contribution in [1.29, 1.82) is 5.26 Å². The van der Waals surface area contributed by atoms with Gasteiger partial charge in [0.25, 0.3) is 0 Å². The molecule has 1 aromatic rings. The highest BCUT2D eigenvalue weighted by Gasteiger charge is 2.15. The third kappa shape index (κ3) is 3.75.